The summed E-state index contributed by atoms with van der Waals surface area (Å²) in [6.45, 7) is 3.08. The van der Waals surface area contributed by atoms with Gasteiger partial charge in [0.05, 0.1) is 12.3 Å². The van der Waals surface area contributed by atoms with Crippen molar-refractivity contribution in [2.24, 2.45) is 10.2 Å². The van der Waals surface area contributed by atoms with Crippen molar-refractivity contribution in [3.05, 3.63) is 30.3 Å². The highest BCUT2D eigenvalue weighted by Gasteiger charge is 2.31. The van der Waals surface area contributed by atoms with Gasteiger partial charge in [-0.1, -0.05) is 18.2 Å². The van der Waals surface area contributed by atoms with Crippen LogP contribution in [0, 0.1) is 0 Å². The third kappa shape index (κ3) is 3.43. The number of benzene rings is 1. The summed E-state index contributed by atoms with van der Waals surface area (Å²) in [5, 5.41) is 16.9. The van der Waals surface area contributed by atoms with Crippen LogP contribution in [0.2, 0.25) is 0 Å². The first-order valence-corrected chi connectivity index (χ1v) is 4.94. The summed E-state index contributed by atoms with van der Waals surface area (Å²) in [5.74, 6) is -0.810. The molecule has 1 atom stereocenters. The first-order chi connectivity index (χ1) is 7.56. The molecule has 0 saturated carbocycles. The molecule has 1 rings (SSSR count). The molecule has 0 fully saturated rings. The van der Waals surface area contributed by atoms with Crippen LogP contribution in [-0.4, -0.2) is 23.4 Å². The smallest absolute Gasteiger partial charge is 0.363 e. The molecule has 5 heteroatoms. The molecular weight excluding hydrogens is 208 g/mol. The fourth-order valence-corrected chi connectivity index (χ4v) is 0.958. The van der Waals surface area contributed by atoms with E-state index in [1.807, 2.05) is 6.07 Å². The van der Waals surface area contributed by atoms with Crippen LogP contribution in [0.25, 0.3) is 0 Å². The Morgan fingerprint density at radius 2 is 2.06 bits per heavy atom. The Morgan fingerprint density at radius 3 is 2.62 bits per heavy atom. The minimum Gasteiger partial charge on any atom is -0.462 e. The summed E-state index contributed by atoms with van der Waals surface area (Å²) in [7, 11) is 0. The Bertz CT molecular complexity index is 374. The lowest BCUT2D eigenvalue weighted by Gasteiger charge is -2.14. The molecule has 0 heterocycles. The highest BCUT2D eigenvalue weighted by Crippen LogP contribution is 2.15. The standard InChI is InChI=1S/C11H14N2O3/c1-3-16-10(14)11(2,15)13-12-9-7-5-4-6-8-9/h4-8,15H,3H2,1-2H3. The number of nitrogens with zero attached hydrogens (tertiary/aromatic N) is 2. The maximum atomic E-state index is 11.3. The van der Waals surface area contributed by atoms with Gasteiger partial charge in [0.1, 0.15) is 0 Å². The van der Waals surface area contributed by atoms with Crippen LogP contribution in [0.1, 0.15) is 13.8 Å². The van der Waals surface area contributed by atoms with Crippen LogP contribution in [0.15, 0.2) is 40.6 Å². The SMILES string of the molecule is CCOC(=O)C(C)(O)N=Nc1ccccc1. The molecule has 0 aromatic heterocycles. The quantitative estimate of drug-likeness (QED) is 0.626. The molecule has 16 heavy (non-hydrogen) atoms. The summed E-state index contributed by atoms with van der Waals surface area (Å²) in [5.41, 5.74) is -1.38. The van der Waals surface area contributed by atoms with E-state index in [4.69, 9.17) is 0 Å². The van der Waals surface area contributed by atoms with Gasteiger partial charge in [-0.05, 0) is 26.0 Å². The van der Waals surface area contributed by atoms with Crippen molar-refractivity contribution < 1.29 is 14.6 Å². The third-order valence-electron chi connectivity index (χ3n) is 1.78. The molecule has 0 saturated heterocycles. The second-order valence-electron chi connectivity index (χ2n) is 3.28. The molecule has 0 aliphatic heterocycles. The van der Waals surface area contributed by atoms with Crippen LogP contribution >= 0.6 is 0 Å². The van der Waals surface area contributed by atoms with Gasteiger partial charge < -0.3 is 9.84 Å². The van der Waals surface area contributed by atoms with Crippen molar-refractivity contribution >= 4 is 11.7 Å². The number of esters is 1. The van der Waals surface area contributed by atoms with E-state index in [2.05, 4.69) is 15.0 Å². The number of carbonyl (C=O) groups is 1. The second-order valence-corrected chi connectivity index (χ2v) is 3.28. The van der Waals surface area contributed by atoms with Crippen molar-refractivity contribution in [1.29, 1.82) is 0 Å². The minimum atomic E-state index is -1.94. The average Bonchev–Trinajstić information content (AvgIpc) is 2.28. The number of aliphatic hydroxyl groups is 1. The predicted molar refractivity (Wildman–Crippen MR) is 58.2 cm³/mol. The predicted octanol–water partition coefficient (Wildman–Crippen LogP) is 2.04. The second kappa shape index (κ2) is 5.37. The molecule has 0 aliphatic rings. The van der Waals surface area contributed by atoms with Gasteiger partial charge >= 0.3 is 5.97 Å². The number of rotatable bonds is 4. The monoisotopic (exact) mass is 222 g/mol. The highest BCUT2D eigenvalue weighted by atomic mass is 16.6. The number of azo groups is 1. The van der Waals surface area contributed by atoms with Gasteiger partial charge in [0.25, 0.3) is 5.72 Å². The van der Waals surface area contributed by atoms with Gasteiger partial charge in [-0.25, -0.2) is 4.79 Å². The highest BCUT2D eigenvalue weighted by molar-refractivity contribution is 5.78. The van der Waals surface area contributed by atoms with Gasteiger partial charge in [0, 0.05) is 0 Å². The maximum absolute atomic E-state index is 11.3. The Hall–Kier alpha value is -1.75. The van der Waals surface area contributed by atoms with Gasteiger partial charge in [0.15, 0.2) is 0 Å². The molecule has 86 valence electrons. The van der Waals surface area contributed by atoms with Crippen LogP contribution in [0.3, 0.4) is 0 Å². The fraction of sp³-hybridized carbons (Fsp3) is 0.364. The fourth-order valence-electron chi connectivity index (χ4n) is 0.958. The molecule has 0 amide bonds. The maximum Gasteiger partial charge on any atom is 0.363 e. The van der Waals surface area contributed by atoms with Crippen LogP contribution in [-0.2, 0) is 9.53 Å². The van der Waals surface area contributed by atoms with E-state index >= 15 is 0 Å². The topological polar surface area (TPSA) is 71.2 Å². The molecule has 1 aromatic carbocycles. The Labute approximate surface area is 93.8 Å². The van der Waals surface area contributed by atoms with Crippen LogP contribution < -0.4 is 0 Å². The van der Waals surface area contributed by atoms with Crippen molar-refractivity contribution in [2.75, 3.05) is 6.61 Å². The van der Waals surface area contributed by atoms with E-state index in [1.165, 1.54) is 6.92 Å². The summed E-state index contributed by atoms with van der Waals surface area (Å²) >= 11 is 0. The van der Waals surface area contributed by atoms with E-state index < -0.39 is 11.7 Å². The van der Waals surface area contributed by atoms with E-state index in [0.717, 1.165) is 0 Å². The molecule has 1 N–H and O–H groups in total. The number of ether oxygens (including phenoxy) is 1. The van der Waals surface area contributed by atoms with E-state index in [9.17, 15) is 9.90 Å². The normalized spacial score (nSPS) is 14.7. The lowest BCUT2D eigenvalue weighted by atomic mass is 10.3. The first kappa shape index (κ1) is 12.3. The van der Waals surface area contributed by atoms with Gasteiger partial charge in [-0.15, -0.1) is 5.11 Å². The molecular formula is C11H14N2O3. The zero-order valence-corrected chi connectivity index (χ0v) is 9.25. The molecule has 0 aliphatic carbocycles. The molecule has 0 bridgehead atoms. The largest absolute Gasteiger partial charge is 0.462 e. The average molecular weight is 222 g/mol. The Morgan fingerprint density at radius 1 is 1.44 bits per heavy atom. The molecule has 5 nitrogen and oxygen atoms in total. The number of carbonyl (C=O) groups excluding carboxylic acids is 1. The number of hydrogen-bond acceptors (Lipinski definition) is 5. The zero-order valence-electron chi connectivity index (χ0n) is 9.25. The van der Waals surface area contributed by atoms with Gasteiger partial charge in [0.2, 0.25) is 0 Å². The van der Waals surface area contributed by atoms with Crippen LogP contribution in [0.5, 0.6) is 0 Å². The Balaban J connectivity index is 2.72. The van der Waals surface area contributed by atoms with Gasteiger partial charge in [-0.2, -0.15) is 5.11 Å². The summed E-state index contributed by atoms with van der Waals surface area (Å²) in [6, 6.07) is 8.83. The molecule has 0 spiro atoms. The lowest BCUT2D eigenvalue weighted by Crippen LogP contribution is -2.34. The Kier molecular flexibility index (Phi) is 4.13. The molecule has 1 aromatic rings. The summed E-state index contributed by atoms with van der Waals surface area (Å²) < 4.78 is 4.65. The zero-order chi connectivity index (χ0) is 12.0. The van der Waals surface area contributed by atoms with E-state index in [1.54, 1.807) is 31.2 Å². The van der Waals surface area contributed by atoms with Crippen molar-refractivity contribution in [2.45, 2.75) is 19.6 Å². The third-order valence-corrected chi connectivity index (χ3v) is 1.78. The summed E-state index contributed by atoms with van der Waals surface area (Å²) in [6.07, 6.45) is 0. The molecule has 1 unspecified atom stereocenters. The number of hydrogen-bond donors (Lipinski definition) is 1. The first-order valence-electron chi connectivity index (χ1n) is 4.94. The van der Waals surface area contributed by atoms with Gasteiger partial charge in [-0.3, -0.25) is 0 Å². The van der Waals surface area contributed by atoms with Crippen molar-refractivity contribution in [1.82, 2.24) is 0 Å². The molecule has 0 radical (unpaired) electrons. The van der Waals surface area contributed by atoms with E-state index in [-0.39, 0.29) is 6.61 Å². The lowest BCUT2D eigenvalue weighted by molar-refractivity contribution is -0.162. The van der Waals surface area contributed by atoms with Crippen molar-refractivity contribution in [3.63, 3.8) is 0 Å². The van der Waals surface area contributed by atoms with Crippen LogP contribution in [0.4, 0.5) is 5.69 Å². The van der Waals surface area contributed by atoms with E-state index in [0.29, 0.717) is 5.69 Å². The summed E-state index contributed by atoms with van der Waals surface area (Å²) in [4.78, 5) is 11.3. The van der Waals surface area contributed by atoms with Crippen molar-refractivity contribution in [3.8, 4) is 0 Å². The minimum absolute atomic E-state index is 0.190.